The summed E-state index contributed by atoms with van der Waals surface area (Å²) in [6.45, 7) is 7.33. The van der Waals surface area contributed by atoms with Crippen LogP contribution in [0.15, 0.2) is 33.3 Å². The fourth-order valence-electron chi connectivity index (χ4n) is 2.34. The van der Waals surface area contributed by atoms with Crippen LogP contribution in [-0.2, 0) is 0 Å². The van der Waals surface area contributed by atoms with Crippen molar-refractivity contribution in [1.82, 2.24) is 15.5 Å². The van der Waals surface area contributed by atoms with Crippen molar-refractivity contribution in [2.45, 2.75) is 39.2 Å². The van der Waals surface area contributed by atoms with Gasteiger partial charge < -0.3 is 9.84 Å². The number of rotatable bonds is 6. The van der Waals surface area contributed by atoms with Crippen molar-refractivity contribution in [3.63, 3.8) is 0 Å². The molecule has 0 aliphatic carbocycles. The van der Waals surface area contributed by atoms with Crippen LogP contribution < -0.4 is 5.32 Å². The largest absolute Gasteiger partial charge is 0.339 e. The molecule has 108 valence electrons. The number of nitrogens with one attached hydrogen (secondary N) is 1. The first-order chi connectivity index (χ1) is 9.65. The van der Waals surface area contributed by atoms with E-state index < -0.39 is 0 Å². The number of hydrogen-bond donors (Lipinski definition) is 1. The molecule has 0 saturated heterocycles. The Bertz CT molecular complexity index is 556. The Morgan fingerprint density at radius 2 is 2.15 bits per heavy atom. The molecular formula is C15H20BrN3O. The van der Waals surface area contributed by atoms with E-state index in [1.54, 1.807) is 0 Å². The highest BCUT2D eigenvalue weighted by Crippen LogP contribution is 2.26. The van der Waals surface area contributed by atoms with Gasteiger partial charge in [-0.25, -0.2) is 0 Å². The summed E-state index contributed by atoms with van der Waals surface area (Å²) in [5, 5.41) is 7.52. The summed E-state index contributed by atoms with van der Waals surface area (Å²) in [7, 11) is 0. The summed E-state index contributed by atoms with van der Waals surface area (Å²) in [6.07, 6.45) is 0.967. The molecule has 2 atom stereocenters. The number of aromatic nitrogens is 2. The Morgan fingerprint density at radius 3 is 2.80 bits per heavy atom. The summed E-state index contributed by atoms with van der Waals surface area (Å²) in [4.78, 5) is 4.56. The van der Waals surface area contributed by atoms with Crippen LogP contribution in [0.5, 0.6) is 0 Å². The Labute approximate surface area is 128 Å². The van der Waals surface area contributed by atoms with Gasteiger partial charge in [0, 0.05) is 16.1 Å². The van der Waals surface area contributed by atoms with E-state index in [9.17, 15) is 0 Å². The second-order valence-corrected chi connectivity index (χ2v) is 5.74. The molecule has 1 aromatic carbocycles. The molecule has 4 nitrogen and oxygen atoms in total. The lowest BCUT2D eigenvalue weighted by molar-refractivity contribution is 0.318. The van der Waals surface area contributed by atoms with Crippen LogP contribution >= 0.6 is 15.9 Å². The normalized spacial score (nSPS) is 14.2. The van der Waals surface area contributed by atoms with Gasteiger partial charge >= 0.3 is 0 Å². The maximum Gasteiger partial charge on any atom is 0.231 e. The van der Waals surface area contributed by atoms with Gasteiger partial charge in [-0.15, -0.1) is 0 Å². The van der Waals surface area contributed by atoms with E-state index in [1.807, 2.05) is 24.3 Å². The van der Waals surface area contributed by atoms with Gasteiger partial charge in [-0.3, -0.25) is 0 Å². The first-order valence-electron chi connectivity index (χ1n) is 6.98. The quantitative estimate of drug-likeness (QED) is 0.865. The second-order valence-electron chi connectivity index (χ2n) is 4.83. The van der Waals surface area contributed by atoms with Crippen LogP contribution in [0.3, 0.4) is 0 Å². The molecule has 20 heavy (non-hydrogen) atoms. The van der Waals surface area contributed by atoms with E-state index >= 15 is 0 Å². The summed E-state index contributed by atoms with van der Waals surface area (Å²) >= 11 is 3.46. The Balaban J connectivity index is 2.23. The SMILES string of the molecule is CCNC(C)C(CC)c1nc(-c2cccc(Br)c2)no1. The Hall–Kier alpha value is -1.20. The lowest BCUT2D eigenvalue weighted by atomic mass is 9.98. The van der Waals surface area contributed by atoms with Crippen molar-refractivity contribution >= 4 is 15.9 Å². The van der Waals surface area contributed by atoms with Crippen molar-refractivity contribution in [3.05, 3.63) is 34.6 Å². The minimum Gasteiger partial charge on any atom is -0.339 e. The number of halogens is 1. The van der Waals surface area contributed by atoms with Gasteiger partial charge in [0.1, 0.15) is 0 Å². The molecule has 2 aromatic rings. The predicted octanol–water partition coefficient (Wildman–Crippen LogP) is 3.99. The molecule has 1 aromatic heterocycles. The van der Waals surface area contributed by atoms with E-state index in [0.717, 1.165) is 23.0 Å². The van der Waals surface area contributed by atoms with Gasteiger partial charge in [0.05, 0.1) is 5.92 Å². The highest BCUT2D eigenvalue weighted by Gasteiger charge is 2.23. The number of likely N-dealkylation sites (N-methyl/N-ethyl adjacent to an activating group) is 1. The maximum absolute atomic E-state index is 5.46. The molecule has 0 amide bonds. The van der Waals surface area contributed by atoms with Crippen LogP contribution in [0, 0.1) is 0 Å². The standard InChI is InChI=1S/C15H20BrN3O/c1-4-13(10(3)17-5-2)15-18-14(19-20-15)11-7-6-8-12(16)9-11/h6-10,13,17H,4-5H2,1-3H3. The number of nitrogens with zero attached hydrogens (tertiary/aromatic N) is 2. The van der Waals surface area contributed by atoms with Gasteiger partial charge in [-0.05, 0) is 32.0 Å². The van der Waals surface area contributed by atoms with Crippen LogP contribution in [-0.4, -0.2) is 22.7 Å². The van der Waals surface area contributed by atoms with Crippen molar-refractivity contribution in [2.75, 3.05) is 6.54 Å². The zero-order chi connectivity index (χ0) is 14.5. The van der Waals surface area contributed by atoms with Gasteiger partial charge in [0.25, 0.3) is 0 Å². The summed E-state index contributed by atoms with van der Waals surface area (Å²) in [5.74, 6) is 1.59. The highest BCUT2D eigenvalue weighted by molar-refractivity contribution is 9.10. The average Bonchev–Trinajstić information content (AvgIpc) is 2.89. The molecule has 5 heteroatoms. The Kier molecular flexibility index (Phi) is 5.31. The second kappa shape index (κ2) is 6.99. The monoisotopic (exact) mass is 337 g/mol. The minimum absolute atomic E-state index is 0.239. The van der Waals surface area contributed by atoms with Gasteiger partial charge in [0.2, 0.25) is 11.7 Å². The zero-order valence-electron chi connectivity index (χ0n) is 12.1. The number of benzene rings is 1. The van der Waals surface area contributed by atoms with Crippen LogP contribution in [0.2, 0.25) is 0 Å². The first kappa shape index (κ1) is 15.2. The van der Waals surface area contributed by atoms with Crippen LogP contribution in [0.1, 0.15) is 39.0 Å². The van der Waals surface area contributed by atoms with E-state index in [0.29, 0.717) is 17.8 Å². The third-order valence-corrected chi connectivity index (χ3v) is 3.90. The van der Waals surface area contributed by atoms with Crippen molar-refractivity contribution in [2.24, 2.45) is 0 Å². The smallest absolute Gasteiger partial charge is 0.231 e. The lowest BCUT2D eigenvalue weighted by Gasteiger charge is -2.19. The molecule has 2 unspecified atom stereocenters. The van der Waals surface area contributed by atoms with Crippen LogP contribution in [0.25, 0.3) is 11.4 Å². The van der Waals surface area contributed by atoms with Gasteiger partial charge in [-0.2, -0.15) is 4.98 Å². The molecule has 0 spiro atoms. The molecular weight excluding hydrogens is 318 g/mol. The summed E-state index contributed by atoms with van der Waals surface area (Å²) < 4.78 is 6.47. The van der Waals surface area contributed by atoms with Gasteiger partial charge in [-0.1, -0.05) is 47.1 Å². The fraction of sp³-hybridized carbons (Fsp3) is 0.467. The van der Waals surface area contributed by atoms with Crippen molar-refractivity contribution < 1.29 is 4.52 Å². The molecule has 2 rings (SSSR count). The average molecular weight is 338 g/mol. The zero-order valence-corrected chi connectivity index (χ0v) is 13.6. The molecule has 0 bridgehead atoms. The van der Waals surface area contributed by atoms with E-state index in [4.69, 9.17) is 4.52 Å². The third kappa shape index (κ3) is 3.46. The summed E-state index contributed by atoms with van der Waals surface area (Å²) in [6, 6.07) is 8.23. The molecule has 0 fully saturated rings. The van der Waals surface area contributed by atoms with Crippen molar-refractivity contribution in [3.8, 4) is 11.4 Å². The topological polar surface area (TPSA) is 51.0 Å². The molecule has 0 aliphatic rings. The third-order valence-electron chi connectivity index (χ3n) is 3.41. The number of hydrogen-bond acceptors (Lipinski definition) is 4. The predicted molar refractivity (Wildman–Crippen MR) is 83.6 cm³/mol. The minimum atomic E-state index is 0.239. The van der Waals surface area contributed by atoms with E-state index in [-0.39, 0.29) is 5.92 Å². The fourth-order valence-corrected chi connectivity index (χ4v) is 2.74. The highest BCUT2D eigenvalue weighted by atomic mass is 79.9. The molecule has 1 heterocycles. The Morgan fingerprint density at radius 1 is 1.35 bits per heavy atom. The van der Waals surface area contributed by atoms with E-state index in [2.05, 4.69) is 52.2 Å². The lowest BCUT2D eigenvalue weighted by Crippen LogP contribution is -2.31. The maximum atomic E-state index is 5.46. The summed E-state index contributed by atoms with van der Waals surface area (Å²) in [5.41, 5.74) is 0.959. The van der Waals surface area contributed by atoms with Crippen molar-refractivity contribution in [1.29, 1.82) is 0 Å². The first-order valence-corrected chi connectivity index (χ1v) is 7.77. The van der Waals surface area contributed by atoms with Crippen LogP contribution in [0.4, 0.5) is 0 Å². The molecule has 1 N–H and O–H groups in total. The van der Waals surface area contributed by atoms with E-state index in [1.165, 1.54) is 0 Å². The molecule has 0 saturated carbocycles. The van der Waals surface area contributed by atoms with Gasteiger partial charge in [0.15, 0.2) is 0 Å². The molecule has 0 aliphatic heterocycles. The molecule has 0 radical (unpaired) electrons.